The zero-order chi connectivity index (χ0) is 13.7. The Morgan fingerprint density at radius 3 is 2.58 bits per heavy atom. The zero-order valence-corrected chi connectivity index (χ0v) is 12.6. The highest BCUT2D eigenvalue weighted by Gasteiger charge is 2.02. The van der Waals surface area contributed by atoms with Crippen molar-refractivity contribution in [1.29, 1.82) is 0 Å². The van der Waals surface area contributed by atoms with E-state index in [0.29, 0.717) is 6.61 Å². The Balaban J connectivity index is 1.88. The van der Waals surface area contributed by atoms with Crippen LogP contribution in [0.1, 0.15) is 26.4 Å². The standard InChI is InChI=1S/C16H21NOS/c1-12-7-16(13(2)19-12)10-17-9-14-5-4-6-15(8-14)11-18-3/h4-8,17H,9-11H2,1-3H3. The van der Waals surface area contributed by atoms with Gasteiger partial charge in [0.1, 0.15) is 0 Å². The van der Waals surface area contributed by atoms with Gasteiger partial charge in [0.25, 0.3) is 0 Å². The summed E-state index contributed by atoms with van der Waals surface area (Å²) in [7, 11) is 1.73. The van der Waals surface area contributed by atoms with E-state index < -0.39 is 0 Å². The van der Waals surface area contributed by atoms with Crippen molar-refractivity contribution in [1.82, 2.24) is 5.32 Å². The van der Waals surface area contributed by atoms with Crippen LogP contribution in [0.15, 0.2) is 30.3 Å². The van der Waals surface area contributed by atoms with Gasteiger partial charge in [0.2, 0.25) is 0 Å². The molecule has 1 heterocycles. The smallest absolute Gasteiger partial charge is 0.0713 e. The Morgan fingerprint density at radius 1 is 1.11 bits per heavy atom. The molecule has 0 aliphatic carbocycles. The van der Waals surface area contributed by atoms with Crippen LogP contribution in [0, 0.1) is 13.8 Å². The summed E-state index contributed by atoms with van der Waals surface area (Å²) in [4.78, 5) is 2.80. The molecule has 0 unspecified atom stereocenters. The van der Waals surface area contributed by atoms with E-state index >= 15 is 0 Å². The second-order valence-electron chi connectivity index (χ2n) is 4.79. The van der Waals surface area contributed by atoms with Crippen LogP contribution in [0.4, 0.5) is 0 Å². The molecule has 19 heavy (non-hydrogen) atoms. The number of methoxy groups -OCH3 is 1. The van der Waals surface area contributed by atoms with Gasteiger partial charge in [0.15, 0.2) is 0 Å². The monoisotopic (exact) mass is 275 g/mol. The maximum absolute atomic E-state index is 5.16. The van der Waals surface area contributed by atoms with E-state index in [0.717, 1.165) is 13.1 Å². The summed E-state index contributed by atoms with van der Waals surface area (Å²) in [6.07, 6.45) is 0. The molecule has 2 nitrogen and oxygen atoms in total. The van der Waals surface area contributed by atoms with Gasteiger partial charge in [0.05, 0.1) is 6.61 Å². The van der Waals surface area contributed by atoms with Crippen LogP contribution in [0.25, 0.3) is 0 Å². The van der Waals surface area contributed by atoms with Crippen molar-refractivity contribution in [2.24, 2.45) is 0 Å². The highest BCUT2D eigenvalue weighted by Crippen LogP contribution is 2.20. The van der Waals surface area contributed by atoms with Crippen molar-refractivity contribution in [2.75, 3.05) is 7.11 Å². The number of benzene rings is 1. The molecule has 0 aliphatic heterocycles. The molecule has 0 saturated heterocycles. The minimum absolute atomic E-state index is 0.677. The summed E-state index contributed by atoms with van der Waals surface area (Å²) in [5.74, 6) is 0. The van der Waals surface area contributed by atoms with Gasteiger partial charge in [0, 0.05) is 30.0 Å². The van der Waals surface area contributed by atoms with Crippen LogP contribution in [0.5, 0.6) is 0 Å². The number of nitrogens with one attached hydrogen (secondary N) is 1. The van der Waals surface area contributed by atoms with Crippen LogP contribution < -0.4 is 5.32 Å². The van der Waals surface area contributed by atoms with Crippen molar-refractivity contribution < 1.29 is 4.74 Å². The highest BCUT2D eigenvalue weighted by molar-refractivity contribution is 7.12. The third-order valence-electron chi connectivity index (χ3n) is 3.09. The SMILES string of the molecule is COCc1cccc(CNCc2cc(C)sc2C)c1. The predicted octanol–water partition coefficient (Wildman–Crippen LogP) is 3.80. The molecule has 102 valence electrons. The quantitative estimate of drug-likeness (QED) is 0.866. The summed E-state index contributed by atoms with van der Waals surface area (Å²) in [5, 5.41) is 3.51. The number of aryl methyl sites for hydroxylation is 2. The van der Waals surface area contributed by atoms with E-state index in [4.69, 9.17) is 4.74 Å². The van der Waals surface area contributed by atoms with Crippen molar-refractivity contribution in [3.63, 3.8) is 0 Å². The normalized spacial score (nSPS) is 10.9. The summed E-state index contributed by atoms with van der Waals surface area (Å²) >= 11 is 1.87. The number of thiophene rings is 1. The molecule has 0 radical (unpaired) electrons. The first kappa shape index (κ1) is 14.3. The molecule has 3 heteroatoms. The Kier molecular flexibility index (Phi) is 5.14. The summed E-state index contributed by atoms with van der Waals surface area (Å²) < 4.78 is 5.16. The molecular weight excluding hydrogens is 254 g/mol. The number of hydrogen-bond donors (Lipinski definition) is 1. The number of rotatable bonds is 6. The summed E-state index contributed by atoms with van der Waals surface area (Å²) in [6.45, 7) is 6.86. The van der Waals surface area contributed by atoms with Crippen LogP contribution in [0.2, 0.25) is 0 Å². The molecular formula is C16H21NOS. The molecule has 0 aliphatic rings. The van der Waals surface area contributed by atoms with Crippen LogP contribution in [0.3, 0.4) is 0 Å². The molecule has 0 spiro atoms. The fourth-order valence-corrected chi connectivity index (χ4v) is 3.14. The van der Waals surface area contributed by atoms with Crippen molar-refractivity contribution >= 4 is 11.3 Å². The lowest BCUT2D eigenvalue weighted by Crippen LogP contribution is -2.12. The second-order valence-corrected chi connectivity index (χ2v) is 6.26. The fraction of sp³-hybridized carbons (Fsp3) is 0.375. The third-order valence-corrected chi connectivity index (χ3v) is 4.10. The third kappa shape index (κ3) is 4.16. The first-order chi connectivity index (χ1) is 9.19. The topological polar surface area (TPSA) is 21.3 Å². The Bertz CT molecular complexity index is 533. The van der Waals surface area contributed by atoms with Gasteiger partial charge in [-0.2, -0.15) is 0 Å². The van der Waals surface area contributed by atoms with E-state index in [-0.39, 0.29) is 0 Å². The highest BCUT2D eigenvalue weighted by atomic mass is 32.1. The largest absolute Gasteiger partial charge is 0.380 e. The van der Waals surface area contributed by atoms with E-state index in [2.05, 4.69) is 49.5 Å². The Labute approximate surface area is 119 Å². The lowest BCUT2D eigenvalue weighted by Gasteiger charge is -2.07. The van der Waals surface area contributed by atoms with E-state index in [9.17, 15) is 0 Å². The fourth-order valence-electron chi connectivity index (χ4n) is 2.20. The summed E-state index contributed by atoms with van der Waals surface area (Å²) in [6, 6.07) is 10.8. The van der Waals surface area contributed by atoms with Gasteiger partial charge in [-0.15, -0.1) is 11.3 Å². The van der Waals surface area contributed by atoms with Crippen molar-refractivity contribution in [3.8, 4) is 0 Å². The van der Waals surface area contributed by atoms with Gasteiger partial charge < -0.3 is 10.1 Å². The van der Waals surface area contributed by atoms with E-state index in [1.165, 1.54) is 26.4 Å². The lowest BCUT2D eigenvalue weighted by molar-refractivity contribution is 0.185. The maximum Gasteiger partial charge on any atom is 0.0713 e. The molecule has 2 rings (SSSR count). The number of ether oxygens (including phenoxy) is 1. The van der Waals surface area contributed by atoms with Crippen LogP contribution in [-0.4, -0.2) is 7.11 Å². The first-order valence-electron chi connectivity index (χ1n) is 6.52. The van der Waals surface area contributed by atoms with Crippen LogP contribution in [-0.2, 0) is 24.4 Å². The molecule has 1 N–H and O–H groups in total. The molecule has 0 fully saturated rings. The zero-order valence-electron chi connectivity index (χ0n) is 11.8. The molecule has 1 aromatic heterocycles. The number of hydrogen-bond acceptors (Lipinski definition) is 3. The summed E-state index contributed by atoms with van der Waals surface area (Å²) in [5.41, 5.74) is 3.94. The van der Waals surface area contributed by atoms with Gasteiger partial charge in [-0.1, -0.05) is 24.3 Å². The predicted molar refractivity (Wildman–Crippen MR) is 81.5 cm³/mol. The van der Waals surface area contributed by atoms with Gasteiger partial charge >= 0.3 is 0 Å². The van der Waals surface area contributed by atoms with Gasteiger partial charge in [-0.25, -0.2) is 0 Å². The molecule has 0 bridgehead atoms. The van der Waals surface area contributed by atoms with E-state index in [1.54, 1.807) is 7.11 Å². The molecule has 0 saturated carbocycles. The average molecular weight is 275 g/mol. The first-order valence-corrected chi connectivity index (χ1v) is 7.34. The lowest BCUT2D eigenvalue weighted by atomic mass is 10.1. The second kappa shape index (κ2) is 6.85. The minimum atomic E-state index is 0.677. The Morgan fingerprint density at radius 2 is 1.89 bits per heavy atom. The Hall–Kier alpha value is -1.16. The average Bonchev–Trinajstić information content (AvgIpc) is 2.69. The molecule has 1 aromatic carbocycles. The van der Waals surface area contributed by atoms with Crippen molar-refractivity contribution in [3.05, 3.63) is 56.8 Å². The van der Waals surface area contributed by atoms with Crippen molar-refractivity contribution in [2.45, 2.75) is 33.5 Å². The van der Waals surface area contributed by atoms with Gasteiger partial charge in [-0.3, -0.25) is 0 Å². The maximum atomic E-state index is 5.16. The minimum Gasteiger partial charge on any atom is -0.380 e. The molecule has 0 atom stereocenters. The molecule has 2 aromatic rings. The van der Waals surface area contributed by atoms with E-state index in [1.807, 2.05) is 11.3 Å². The van der Waals surface area contributed by atoms with Gasteiger partial charge in [-0.05, 0) is 36.6 Å². The van der Waals surface area contributed by atoms with Crippen LogP contribution >= 0.6 is 11.3 Å². The molecule has 0 amide bonds.